The van der Waals surface area contributed by atoms with Crippen LogP contribution in [0.15, 0.2) is 83.8 Å². The van der Waals surface area contributed by atoms with Crippen LogP contribution in [-0.4, -0.2) is 43.8 Å². The number of nitrogens with one attached hydrogen (secondary N) is 1. The zero-order chi connectivity index (χ0) is 29.6. The Balaban J connectivity index is 1.68. The molecular formula is C32H38ClN3O4S. The van der Waals surface area contributed by atoms with Crippen molar-refractivity contribution >= 4 is 39.1 Å². The number of benzene rings is 3. The molecule has 1 aliphatic rings. The standard InChI is InChI=1S/C32H38ClN3O4S/c1-23(2)26-15-19-29(20-16-26)36(41(39,40)30-11-5-4-6-12-30)22-31(37)35(21-25-13-17-27(33)18-14-25)24(3)32(38)34-28-9-7-8-10-28/h4-6,11-20,23-24,28H,7-10,21-22H2,1-3H3,(H,34,38)/t24-/m0/s1. The molecule has 1 atom stereocenters. The number of hydrogen-bond donors (Lipinski definition) is 1. The van der Waals surface area contributed by atoms with Gasteiger partial charge in [0.1, 0.15) is 12.6 Å². The summed E-state index contributed by atoms with van der Waals surface area (Å²) in [7, 11) is -4.09. The predicted octanol–water partition coefficient (Wildman–Crippen LogP) is 6.13. The minimum atomic E-state index is -4.09. The van der Waals surface area contributed by atoms with Crippen molar-refractivity contribution in [2.24, 2.45) is 0 Å². The van der Waals surface area contributed by atoms with Crippen LogP contribution in [0.3, 0.4) is 0 Å². The fourth-order valence-electron chi connectivity index (χ4n) is 5.03. The lowest BCUT2D eigenvalue weighted by molar-refractivity contribution is -0.139. The average Bonchev–Trinajstić information content (AvgIpc) is 3.48. The second-order valence-corrected chi connectivity index (χ2v) is 13.2. The van der Waals surface area contributed by atoms with Crippen molar-refractivity contribution in [2.45, 2.75) is 75.9 Å². The van der Waals surface area contributed by atoms with Gasteiger partial charge in [0.15, 0.2) is 0 Å². The Labute approximate surface area is 248 Å². The van der Waals surface area contributed by atoms with Crippen molar-refractivity contribution in [3.8, 4) is 0 Å². The van der Waals surface area contributed by atoms with Crippen LogP contribution in [-0.2, 0) is 26.2 Å². The topological polar surface area (TPSA) is 86.8 Å². The van der Waals surface area contributed by atoms with E-state index in [1.54, 1.807) is 61.5 Å². The fraction of sp³-hybridized carbons (Fsp3) is 0.375. The molecule has 3 aromatic rings. The smallest absolute Gasteiger partial charge is 0.264 e. The number of hydrogen-bond acceptors (Lipinski definition) is 4. The molecule has 1 fully saturated rings. The van der Waals surface area contributed by atoms with Gasteiger partial charge in [-0.1, -0.05) is 80.8 Å². The number of anilines is 1. The number of halogens is 1. The summed E-state index contributed by atoms with van der Waals surface area (Å²) in [6.45, 7) is 5.46. The molecule has 0 bridgehead atoms. The maximum Gasteiger partial charge on any atom is 0.264 e. The maximum absolute atomic E-state index is 14.0. The molecule has 0 heterocycles. The molecule has 0 spiro atoms. The van der Waals surface area contributed by atoms with Crippen LogP contribution in [0.1, 0.15) is 63.5 Å². The zero-order valence-corrected chi connectivity index (χ0v) is 25.4. The molecule has 2 amide bonds. The summed E-state index contributed by atoms with van der Waals surface area (Å²) in [5, 5.41) is 3.64. The van der Waals surface area contributed by atoms with Crippen LogP contribution in [0, 0.1) is 0 Å². The lowest BCUT2D eigenvalue weighted by Gasteiger charge is -2.32. The van der Waals surface area contributed by atoms with Crippen LogP contribution in [0.2, 0.25) is 5.02 Å². The molecule has 0 saturated heterocycles. The van der Waals surface area contributed by atoms with Gasteiger partial charge in [-0.05, 0) is 73.2 Å². The van der Waals surface area contributed by atoms with Gasteiger partial charge in [0, 0.05) is 17.6 Å². The van der Waals surface area contributed by atoms with Crippen molar-refractivity contribution < 1.29 is 18.0 Å². The molecule has 0 aliphatic heterocycles. The summed E-state index contributed by atoms with van der Waals surface area (Å²) in [4.78, 5) is 28.9. The van der Waals surface area contributed by atoms with Crippen LogP contribution in [0.5, 0.6) is 0 Å². The summed E-state index contributed by atoms with van der Waals surface area (Å²) in [6.07, 6.45) is 3.96. The minimum absolute atomic E-state index is 0.0806. The number of amides is 2. The highest BCUT2D eigenvalue weighted by molar-refractivity contribution is 7.92. The van der Waals surface area contributed by atoms with Crippen molar-refractivity contribution in [3.63, 3.8) is 0 Å². The summed E-state index contributed by atoms with van der Waals surface area (Å²) >= 11 is 6.08. The molecule has 1 saturated carbocycles. The van der Waals surface area contributed by atoms with Gasteiger partial charge in [-0.15, -0.1) is 0 Å². The molecule has 3 aromatic carbocycles. The molecule has 9 heteroatoms. The third-order valence-electron chi connectivity index (χ3n) is 7.59. The number of nitrogens with zero attached hydrogens (tertiary/aromatic N) is 2. The highest BCUT2D eigenvalue weighted by Crippen LogP contribution is 2.27. The molecule has 7 nitrogen and oxygen atoms in total. The summed E-state index contributed by atoms with van der Waals surface area (Å²) in [6, 6.07) is 21.6. The Morgan fingerprint density at radius 3 is 2.10 bits per heavy atom. The van der Waals surface area contributed by atoms with Crippen molar-refractivity contribution in [1.29, 1.82) is 0 Å². The highest BCUT2D eigenvalue weighted by atomic mass is 35.5. The van der Waals surface area contributed by atoms with E-state index < -0.39 is 28.5 Å². The number of sulfonamides is 1. The Kier molecular flexibility index (Phi) is 10.1. The maximum atomic E-state index is 14.0. The average molecular weight is 596 g/mol. The molecule has 41 heavy (non-hydrogen) atoms. The van der Waals surface area contributed by atoms with Crippen LogP contribution in [0.4, 0.5) is 5.69 Å². The van der Waals surface area contributed by atoms with Gasteiger partial charge in [0.05, 0.1) is 10.6 Å². The monoisotopic (exact) mass is 595 g/mol. The van der Waals surface area contributed by atoms with Gasteiger partial charge < -0.3 is 10.2 Å². The van der Waals surface area contributed by atoms with E-state index in [4.69, 9.17) is 11.6 Å². The van der Waals surface area contributed by atoms with E-state index in [0.29, 0.717) is 10.7 Å². The molecule has 1 N–H and O–H groups in total. The first-order valence-electron chi connectivity index (χ1n) is 14.1. The third kappa shape index (κ3) is 7.68. The molecule has 1 aliphatic carbocycles. The van der Waals surface area contributed by atoms with Crippen LogP contribution in [0.25, 0.3) is 0 Å². The van der Waals surface area contributed by atoms with E-state index in [-0.39, 0.29) is 29.3 Å². The van der Waals surface area contributed by atoms with E-state index in [9.17, 15) is 18.0 Å². The quantitative estimate of drug-likeness (QED) is 0.289. The Bertz CT molecular complexity index is 1420. The zero-order valence-electron chi connectivity index (χ0n) is 23.8. The first kappa shape index (κ1) is 30.6. The van der Waals surface area contributed by atoms with Crippen molar-refractivity contribution in [3.05, 3.63) is 95.0 Å². The highest BCUT2D eigenvalue weighted by Gasteiger charge is 2.33. The number of carbonyl (C=O) groups is 2. The Morgan fingerprint density at radius 2 is 1.51 bits per heavy atom. The van der Waals surface area contributed by atoms with E-state index in [2.05, 4.69) is 19.2 Å². The summed E-state index contributed by atoms with van der Waals surface area (Å²) < 4.78 is 28.9. The summed E-state index contributed by atoms with van der Waals surface area (Å²) in [5.74, 6) is -0.474. The van der Waals surface area contributed by atoms with E-state index in [1.165, 1.54) is 17.0 Å². The van der Waals surface area contributed by atoms with Crippen molar-refractivity contribution in [2.75, 3.05) is 10.8 Å². The molecule has 4 rings (SSSR count). The number of carbonyl (C=O) groups excluding carboxylic acids is 2. The van der Waals surface area contributed by atoms with Crippen LogP contribution < -0.4 is 9.62 Å². The van der Waals surface area contributed by atoms with Gasteiger partial charge in [-0.3, -0.25) is 13.9 Å². The van der Waals surface area contributed by atoms with E-state index >= 15 is 0 Å². The second kappa shape index (κ2) is 13.5. The molecular weight excluding hydrogens is 558 g/mol. The first-order valence-corrected chi connectivity index (χ1v) is 15.9. The fourth-order valence-corrected chi connectivity index (χ4v) is 6.60. The van der Waals surface area contributed by atoms with E-state index in [0.717, 1.165) is 41.1 Å². The molecule has 0 unspecified atom stereocenters. The van der Waals surface area contributed by atoms with Crippen molar-refractivity contribution in [1.82, 2.24) is 10.2 Å². The molecule has 218 valence electrons. The molecule has 0 radical (unpaired) electrons. The minimum Gasteiger partial charge on any atom is -0.352 e. The van der Waals surface area contributed by atoms with Gasteiger partial charge in [0.25, 0.3) is 10.0 Å². The van der Waals surface area contributed by atoms with Gasteiger partial charge in [0.2, 0.25) is 11.8 Å². The lowest BCUT2D eigenvalue weighted by atomic mass is 10.0. The van der Waals surface area contributed by atoms with Gasteiger partial charge in [-0.25, -0.2) is 8.42 Å². The summed E-state index contributed by atoms with van der Waals surface area (Å²) in [5.41, 5.74) is 2.21. The largest absolute Gasteiger partial charge is 0.352 e. The lowest BCUT2D eigenvalue weighted by Crippen LogP contribution is -2.52. The second-order valence-electron chi connectivity index (χ2n) is 10.9. The van der Waals surface area contributed by atoms with Gasteiger partial charge in [-0.2, -0.15) is 0 Å². The Morgan fingerprint density at radius 1 is 0.902 bits per heavy atom. The third-order valence-corrected chi connectivity index (χ3v) is 9.63. The molecule has 0 aromatic heterocycles. The van der Waals surface area contributed by atoms with Gasteiger partial charge >= 0.3 is 0 Å². The predicted molar refractivity (Wildman–Crippen MR) is 163 cm³/mol. The number of rotatable bonds is 11. The SMILES string of the molecule is CC(C)c1ccc(N(CC(=O)N(Cc2ccc(Cl)cc2)[C@@H](C)C(=O)NC2CCCC2)S(=O)(=O)c2ccccc2)cc1. The van der Waals surface area contributed by atoms with E-state index in [1.807, 2.05) is 12.1 Å². The Hall–Kier alpha value is -3.36. The van der Waals surface area contributed by atoms with Crippen LogP contribution >= 0.6 is 11.6 Å². The first-order chi connectivity index (χ1) is 19.6. The normalized spacial score (nSPS) is 14.6.